The Balaban J connectivity index is 1.38. The van der Waals surface area contributed by atoms with E-state index in [0.717, 1.165) is 45.4 Å². The Kier molecular flexibility index (Phi) is 5.93. The summed E-state index contributed by atoms with van der Waals surface area (Å²) in [7, 11) is 1.61. The van der Waals surface area contributed by atoms with Crippen molar-refractivity contribution in [3.63, 3.8) is 0 Å². The zero-order valence-electron chi connectivity index (χ0n) is 19.2. The molecule has 5 aromatic rings. The molecule has 0 radical (unpaired) electrons. The van der Waals surface area contributed by atoms with Crippen LogP contribution < -0.4 is 15.7 Å². The van der Waals surface area contributed by atoms with E-state index in [-0.39, 0.29) is 11.8 Å². The van der Waals surface area contributed by atoms with Crippen LogP contribution in [0.4, 0.5) is 6.01 Å². The Morgan fingerprint density at radius 3 is 2.54 bits per heavy atom. The molecule has 0 aliphatic rings. The lowest BCUT2D eigenvalue weighted by molar-refractivity contribution is 0.415. The van der Waals surface area contributed by atoms with Gasteiger partial charge in [0.1, 0.15) is 17.1 Å². The van der Waals surface area contributed by atoms with Crippen molar-refractivity contribution < 1.29 is 18.7 Å². The summed E-state index contributed by atoms with van der Waals surface area (Å²) in [6, 6.07) is 20.0. The molecule has 8 nitrogen and oxygen atoms in total. The molecule has 176 valence electrons. The molecular formula is C27H23N3O5. The number of hydrogen-bond donors (Lipinski definition) is 2. The number of rotatable bonds is 7. The summed E-state index contributed by atoms with van der Waals surface area (Å²) < 4.78 is 16.5. The van der Waals surface area contributed by atoms with Crippen LogP contribution >= 0.6 is 0 Å². The minimum Gasteiger partial charge on any atom is -0.508 e. The van der Waals surface area contributed by atoms with E-state index in [4.69, 9.17) is 13.6 Å². The first-order valence-corrected chi connectivity index (χ1v) is 11.1. The average Bonchev–Trinajstić information content (AvgIpc) is 3.35. The van der Waals surface area contributed by atoms with Gasteiger partial charge in [-0.2, -0.15) is 0 Å². The van der Waals surface area contributed by atoms with E-state index in [0.29, 0.717) is 18.0 Å². The Labute approximate surface area is 200 Å². The monoisotopic (exact) mass is 469 g/mol. The third kappa shape index (κ3) is 4.59. The zero-order valence-corrected chi connectivity index (χ0v) is 19.2. The van der Waals surface area contributed by atoms with Gasteiger partial charge in [-0.25, -0.2) is 4.79 Å². The first-order valence-electron chi connectivity index (χ1n) is 11.1. The highest BCUT2D eigenvalue weighted by molar-refractivity contribution is 5.93. The third-order valence-corrected chi connectivity index (χ3v) is 5.78. The van der Waals surface area contributed by atoms with Crippen molar-refractivity contribution >= 4 is 17.0 Å². The number of phenols is 1. The smallest absolute Gasteiger partial charge is 0.336 e. The number of phenolic OH excluding ortho intramolecular Hbond substituents is 1. The van der Waals surface area contributed by atoms with E-state index >= 15 is 0 Å². The van der Waals surface area contributed by atoms with Gasteiger partial charge in [0.15, 0.2) is 0 Å². The molecule has 2 heterocycles. The molecule has 0 bridgehead atoms. The second-order valence-electron chi connectivity index (χ2n) is 8.00. The van der Waals surface area contributed by atoms with Crippen LogP contribution in [0.1, 0.15) is 18.1 Å². The molecular weight excluding hydrogens is 446 g/mol. The summed E-state index contributed by atoms with van der Waals surface area (Å²) in [6.07, 6.45) is 0.718. The maximum atomic E-state index is 12.2. The number of aromatic hydroxyl groups is 1. The standard InChI is InChI=1S/C27H23N3O5/c1-3-17-13-19(31)7-11-21(17)26-29-30-27(35-26)28-15-16-4-10-22-23(14-25(32)34-24(22)12-16)18-5-8-20(33-2)9-6-18/h4-14,31H,3,15H2,1-2H3,(H,28,30). The number of anilines is 1. The number of nitrogens with zero attached hydrogens (tertiary/aromatic N) is 2. The Hall–Kier alpha value is -4.59. The van der Waals surface area contributed by atoms with Crippen molar-refractivity contribution in [1.29, 1.82) is 0 Å². The molecule has 0 spiro atoms. The van der Waals surface area contributed by atoms with Crippen molar-refractivity contribution in [2.45, 2.75) is 19.9 Å². The molecule has 2 aromatic heterocycles. The van der Waals surface area contributed by atoms with Gasteiger partial charge in [0.25, 0.3) is 0 Å². The fourth-order valence-electron chi connectivity index (χ4n) is 3.99. The summed E-state index contributed by atoms with van der Waals surface area (Å²) in [4.78, 5) is 12.2. The van der Waals surface area contributed by atoms with Crippen LogP contribution in [-0.4, -0.2) is 22.4 Å². The van der Waals surface area contributed by atoms with E-state index in [1.54, 1.807) is 25.3 Å². The maximum absolute atomic E-state index is 12.2. The van der Waals surface area contributed by atoms with Crippen molar-refractivity contribution in [3.8, 4) is 34.1 Å². The highest BCUT2D eigenvalue weighted by atomic mass is 16.5. The molecule has 0 aliphatic carbocycles. The normalized spacial score (nSPS) is 11.0. The Morgan fingerprint density at radius 2 is 1.77 bits per heavy atom. The number of methoxy groups -OCH3 is 1. The van der Waals surface area contributed by atoms with Gasteiger partial charge in [-0.15, -0.1) is 5.10 Å². The minimum atomic E-state index is -0.421. The molecule has 0 amide bonds. The highest BCUT2D eigenvalue weighted by Gasteiger charge is 2.13. The first kappa shape index (κ1) is 22.2. The van der Waals surface area contributed by atoms with Crippen LogP contribution in [0.5, 0.6) is 11.5 Å². The number of ether oxygens (including phenoxy) is 1. The van der Waals surface area contributed by atoms with E-state index in [2.05, 4.69) is 15.5 Å². The minimum absolute atomic E-state index is 0.196. The van der Waals surface area contributed by atoms with Gasteiger partial charge in [0.05, 0.1) is 7.11 Å². The van der Waals surface area contributed by atoms with Crippen LogP contribution in [0.3, 0.4) is 0 Å². The van der Waals surface area contributed by atoms with E-state index < -0.39 is 5.63 Å². The molecule has 0 unspecified atom stereocenters. The lowest BCUT2D eigenvalue weighted by atomic mass is 10.0. The van der Waals surface area contributed by atoms with Crippen molar-refractivity contribution in [1.82, 2.24) is 10.2 Å². The molecule has 35 heavy (non-hydrogen) atoms. The van der Waals surface area contributed by atoms with Crippen molar-refractivity contribution in [2.75, 3.05) is 12.4 Å². The average molecular weight is 469 g/mol. The van der Waals surface area contributed by atoms with Gasteiger partial charge in [-0.05, 0) is 65.1 Å². The quantitative estimate of drug-likeness (QED) is 0.305. The number of aromatic nitrogens is 2. The molecule has 0 fully saturated rings. The van der Waals surface area contributed by atoms with E-state index in [1.165, 1.54) is 6.07 Å². The Morgan fingerprint density at radius 1 is 0.943 bits per heavy atom. The summed E-state index contributed by atoms with van der Waals surface area (Å²) in [5.41, 5.74) is 4.34. The predicted octanol–water partition coefficient (Wildman–Crippen LogP) is 5.40. The lowest BCUT2D eigenvalue weighted by Crippen LogP contribution is -2.02. The van der Waals surface area contributed by atoms with Gasteiger partial charge < -0.3 is 24.0 Å². The van der Waals surface area contributed by atoms with E-state index in [9.17, 15) is 9.90 Å². The summed E-state index contributed by atoms with van der Waals surface area (Å²) in [5.74, 6) is 1.31. The number of nitrogens with one attached hydrogen (secondary N) is 1. The van der Waals surface area contributed by atoms with Gasteiger partial charge in [0, 0.05) is 23.6 Å². The fourth-order valence-corrected chi connectivity index (χ4v) is 3.99. The van der Waals surface area contributed by atoms with Crippen molar-refractivity contribution in [2.24, 2.45) is 0 Å². The fraction of sp³-hybridized carbons (Fsp3) is 0.148. The number of aryl methyl sites for hydroxylation is 1. The van der Waals surface area contributed by atoms with E-state index in [1.807, 2.05) is 49.4 Å². The lowest BCUT2D eigenvalue weighted by Gasteiger charge is -2.08. The van der Waals surface area contributed by atoms with Gasteiger partial charge in [-0.1, -0.05) is 36.3 Å². The second-order valence-corrected chi connectivity index (χ2v) is 8.00. The molecule has 5 rings (SSSR count). The van der Waals surface area contributed by atoms with Gasteiger partial charge in [-0.3, -0.25) is 0 Å². The summed E-state index contributed by atoms with van der Waals surface area (Å²) in [6.45, 7) is 2.39. The van der Waals surface area contributed by atoms with Gasteiger partial charge >= 0.3 is 11.6 Å². The zero-order chi connectivity index (χ0) is 24.4. The van der Waals surface area contributed by atoms with Crippen molar-refractivity contribution in [3.05, 3.63) is 88.3 Å². The van der Waals surface area contributed by atoms with Crippen LogP contribution in [-0.2, 0) is 13.0 Å². The predicted molar refractivity (Wildman–Crippen MR) is 133 cm³/mol. The first-order chi connectivity index (χ1) is 17.0. The molecule has 0 aliphatic heterocycles. The number of hydrogen-bond acceptors (Lipinski definition) is 8. The highest BCUT2D eigenvalue weighted by Crippen LogP contribution is 2.30. The largest absolute Gasteiger partial charge is 0.508 e. The Bertz CT molecular complexity index is 1550. The summed E-state index contributed by atoms with van der Waals surface area (Å²) in [5, 5.41) is 21.9. The molecule has 0 saturated heterocycles. The molecule has 8 heteroatoms. The van der Waals surface area contributed by atoms with Crippen LogP contribution in [0.2, 0.25) is 0 Å². The topological polar surface area (TPSA) is 111 Å². The molecule has 0 saturated carbocycles. The second kappa shape index (κ2) is 9.34. The SMILES string of the molecule is CCc1cc(O)ccc1-c1nnc(NCc2ccc3c(-c4ccc(OC)cc4)cc(=O)oc3c2)o1. The number of fused-ring (bicyclic) bond motifs is 1. The molecule has 3 aromatic carbocycles. The maximum Gasteiger partial charge on any atom is 0.336 e. The van der Waals surface area contributed by atoms with Crippen LogP contribution in [0.15, 0.2) is 80.4 Å². The van der Waals surface area contributed by atoms with Crippen LogP contribution in [0.25, 0.3) is 33.6 Å². The number of benzene rings is 3. The van der Waals surface area contributed by atoms with Crippen LogP contribution in [0, 0.1) is 0 Å². The van der Waals surface area contributed by atoms with Gasteiger partial charge in [0.2, 0.25) is 5.89 Å². The molecule has 0 atom stereocenters. The summed E-state index contributed by atoms with van der Waals surface area (Å²) >= 11 is 0. The third-order valence-electron chi connectivity index (χ3n) is 5.78. The molecule has 2 N–H and O–H groups in total.